The van der Waals surface area contributed by atoms with Crippen molar-refractivity contribution >= 4 is 5.97 Å². The zero-order valence-corrected chi connectivity index (χ0v) is 8.95. The number of carbonyl (C=O) groups excluding carboxylic acids is 1. The average molecular weight is 204 g/mol. The van der Waals surface area contributed by atoms with Crippen LogP contribution >= 0.6 is 0 Å². The molecule has 0 aliphatic rings. The molecule has 0 aromatic carbocycles. The Kier molecular flexibility index (Phi) is 6.49. The third-order valence-electron chi connectivity index (χ3n) is 1.84. The van der Waals surface area contributed by atoms with Crippen molar-refractivity contribution in [1.29, 1.82) is 0 Å². The van der Waals surface area contributed by atoms with Gasteiger partial charge >= 0.3 is 11.9 Å². The third kappa shape index (κ3) is 6.86. The lowest BCUT2D eigenvalue weighted by atomic mass is 10.2. The minimum absolute atomic E-state index is 0.0481. The Bertz CT molecular complexity index is 166. The lowest BCUT2D eigenvalue weighted by Crippen LogP contribution is -2.34. The number of hydrogen-bond acceptors (Lipinski definition) is 4. The highest BCUT2D eigenvalue weighted by Crippen LogP contribution is 2.12. The molecule has 0 unspecified atom stereocenters. The molecule has 0 atom stereocenters. The van der Waals surface area contributed by atoms with E-state index in [0.717, 1.165) is 19.3 Å². The zero-order valence-electron chi connectivity index (χ0n) is 8.95. The van der Waals surface area contributed by atoms with Crippen molar-refractivity contribution in [2.45, 2.75) is 58.3 Å². The van der Waals surface area contributed by atoms with Gasteiger partial charge in [0.2, 0.25) is 0 Å². The van der Waals surface area contributed by atoms with Gasteiger partial charge in [0, 0.05) is 12.8 Å². The SMILES string of the molecule is CCCCCC(=O)OC(O)(O)CCC. The van der Waals surface area contributed by atoms with Crippen molar-refractivity contribution < 1.29 is 19.7 Å². The Morgan fingerprint density at radius 2 is 1.86 bits per heavy atom. The number of carbonyl (C=O) groups is 1. The summed E-state index contributed by atoms with van der Waals surface area (Å²) in [6.07, 6.45) is 3.55. The minimum Gasteiger partial charge on any atom is -0.408 e. The van der Waals surface area contributed by atoms with E-state index < -0.39 is 11.9 Å². The van der Waals surface area contributed by atoms with E-state index in [1.54, 1.807) is 6.92 Å². The van der Waals surface area contributed by atoms with Crippen LogP contribution in [0.25, 0.3) is 0 Å². The van der Waals surface area contributed by atoms with Gasteiger partial charge in [0.1, 0.15) is 0 Å². The second-order valence-corrected chi connectivity index (χ2v) is 3.42. The maximum atomic E-state index is 11.1. The van der Waals surface area contributed by atoms with Crippen molar-refractivity contribution in [3.63, 3.8) is 0 Å². The maximum Gasteiger partial charge on any atom is 0.324 e. The standard InChI is InChI=1S/C10H20O4/c1-3-5-6-7-9(11)14-10(12,13)8-4-2/h12-13H,3-8H2,1-2H3. The van der Waals surface area contributed by atoms with Crippen molar-refractivity contribution in [3.05, 3.63) is 0 Å². The molecule has 84 valence electrons. The number of ether oxygens (including phenoxy) is 1. The fourth-order valence-electron chi connectivity index (χ4n) is 1.13. The van der Waals surface area contributed by atoms with Crippen LogP contribution in [0.4, 0.5) is 0 Å². The predicted molar refractivity (Wildman–Crippen MR) is 52.3 cm³/mol. The van der Waals surface area contributed by atoms with Gasteiger partial charge in [0.05, 0.1) is 0 Å². The monoisotopic (exact) mass is 204 g/mol. The Morgan fingerprint density at radius 1 is 1.21 bits per heavy atom. The highest BCUT2D eigenvalue weighted by molar-refractivity contribution is 5.69. The van der Waals surface area contributed by atoms with Crippen molar-refractivity contribution in [1.82, 2.24) is 0 Å². The number of rotatable bonds is 7. The van der Waals surface area contributed by atoms with E-state index >= 15 is 0 Å². The Labute approximate surface area is 84.9 Å². The van der Waals surface area contributed by atoms with Crippen molar-refractivity contribution in [3.8, 4) is 0 Å². The fraction of sp³-hybridized carbons (Fsp3) is 0.900. The van der Waals surface area contributed by atoms with Gasteiger partial charge < -0.3 is 14.9 Å². The van der Waals surface area contributed by atoms with Gasteiger partial charge in [-0.2, -0.15) is 0 Å². The van der Waals surface area contributed by atoms with Crippen LogP contribution in [0.3, 0.4) is 0 Å². The van der Waals surface area contributed by atoms with E-state index in [-0.39, 0.29) is 12.8 Å². The van der Waals surface area contributed by atoms with Gasteiger partial charge in [-0.3, -0.25) is 4.79 Å². The highest BCUT2D eigenvalue weighted by atomic mass is 16.8. The van der Waals surface area contributed by atoms with Gasteiger partial charge in [-0.15, -0.1) is 0 Å². The summed E-state index contributed by atoms with van der Waals surface area (Å²) in [6, 6.07) is 0. The van der Waals surface area contributed by atoms with Crippen LogP contribution in [-0.2, 0) is 9.53 Å². The normalized spacial score (nSPS) is 11.4. The first-order valence-corrected chi connectivity index (χ1v) is 5.18. The molecular formula is C10H20O4. The van der Waals surface area contributed by atoms with E-state index in [9.17, 15) is 4.79 Å². The Hall–Kier alpha value is -0.610. The molecule has 4 nitrogen and oxygen atoms in total. The summed E-state index contributed by atoms with van der Waals surface area (Å²) >= 11 is 0. The van der Waals surface area contributed by atoms with E-state index in [0.29, 0.717) is 6.42 Å². The van der Waals surface area contributed by atoms with Crippen LogP contribution in [0, 0.1) is 0 Å². The molecule has 0 bridgehead atoms. The summed E-state index contributed by atoms with van der Waals surface area (Å²) in [4.78, 5) is 11.1. The van der Waals surface area contributed by atoms with E-state index in [1.165, 1.54) is 0 Å². The fourth-order valence-corrected chi connectivity index (χ4v) is 1.13. The average Bonchev–Trinajstić information content (AvgIpc) is 2.03. The summed E-state index contributed by atoms with van der Waals surface area (Å²) in [6.45, 7) is 3.82. The number of esters is 1. The molecule has 0 saturated carbocycles. The summed E-state index contributed by atoms with van der Waals surface area (Å²) in [7, 11) is 0. The van der Waals surface area contributed by atoms with Crippen LogP contribution in [-0.4, -0.2) is 22.2 Å². The summed E-state index contributed by atoms with van der Waals surface area (Å²) in [5.41, 5.74) is 0. The van der Waals surface area contributed by atoms with Crippen LogP contribution in [0.1, 0.15) is 52.4 Å². The topological polar surface area (TPSA) is 66.8 Å². The summed E-state index contributed by atoms with van der Waals surface area (Å²) in [5.74, 6) is -2.82. The van der Waals surface area contributed by atoms with Crippen LogP contribution in [0.2, 0.25) is 0 Å². The number of aliphatic hydroxyl groups is 2. The largest absolute Gasteiger partial charge is 0.408 e. The Morgan fingerprint density at radius 3 is 2.36 bits per heavy atom. The minimum atomic E-state index is -2.28. The molecule has 0 saturated heterocycles. The molecular weight excluding hydrogens is 184 g/mol. The van der Waals surface area contributed by atoms with Gasteiger partial charge in [0.15, 0.2) is 0 Å². The van der Waals surface area contributed by atoms with Gasteiger partial charge in [-0.1, -0.05) is 26.7 Å². The zero-order chi connectivity index (χ0) is 11.0. The molecule has 0 spiro atoms. The van der Waals surface area contributed by atoms with E-state index in [4.69, 9.17) is 10.2 Å². The number of unbranched alkanes of at least 4 members (excludes halogenated alkanes) is 2. The second-order valence-electron chi connectivity index (χ2n) is 3.42. The molecule has 0 aromatic rings. The lowest BCUT2D eigenvalue weighted by molar-refractivity contribution is -0.322. The van der Waals surface area contributed by atoms with E-state index in [2.05, 4.69) is 4.74 Å². The van der Waals surface area contributed by atoms with Crippen LogP contribution < -0.4 is 0 Å². The highest BCUT2D eigenvalue weighted by Gasteiger charge is 2.26. The van der Waals surface area contributed by atoms with Gasteiger partial charge in [0.25, 0.3) is 0 Å². The number of hydrogen-bond donors (Lipinski definition) is 2. The van der Waals surface area contributed by atoms with Crippen molar-refractivity contribution in [2.75, 3.05) is 0 Å². The molecule has 0 amide bonds. The first-order chi connectivity index (χ1) is 6.52. The Balaban J connectivity index is 3.69. The molecule has 14 heavy (non-hydrogen) atoms. The molecule has 0 aliphatic heterocycles. The van der Waals surface area contributed by atoms with Crippen LogP contribution in [0.15, 0.2) is 0 Å². The lowest BCUT2D eigenvalue weighted by Gasteiger charge is -2.20. The van der Waals surface area contributed by atoms with E-state index in [1.807, 2.05) is 6.92 Å². The van der Waals surface area contributed by atoms with Crippen LogP contribution in [0.5, 0.6) is 0 Å². The quantitative estimate of drug-likeness (QED) is 0.375. The molecule has 0 aromatic heterocycles. The molecule has 0 radical (unpaired) electrons. The first kappa shape index (κ1) is 13.4. The first-order valence-electron chi connectivity index (χ1n) is 5.18. The molecule has 0 rings (SSSR count). The van der Waals surface area contributed by atoms with Gasteiger partial charge in [-0.05, 0) is 12.8 Å². The second kappa shape index (κ2) is 6.79. The molecule has 0 aliphatic carbocycles. The third-order valence-corrected chi connectivity index (χ3v) is 1.84. The predicted octanol–water partition coefficient (Wildman–Crippen LogP) is 1.55. The van der Waals surface area contributed by atoms with Crippen molar-refractivity contribution in [2.24, 2.45) is 0 Å². The molecule has 0 fully saturated rings. The molecule has 2 N–H and O–H groups in total. The molecule has 0 heterocycles. The smallest absolute Gasteiger partial charge is 0.324 e. The summed E-state index contributed by atoms with van der Waals surface area (Å²) < 4.78 is 4.50. The summed E-state index contributed by atoms with van der Waals surface area (Å²) in [5, 5.41) is 18.3. The molecule has 4 heteroatoms. The maximum absolute atomic E-state index is 11.1. The van der Waals surface area contributed by atoms with Gasteiger partial charge in [-0.25, -0.2) is 0 Å².